The Kier molecular flexibility index (Phi) is 4.26. The lowest BCUT2D eigenvalue weighted by Crippen LogP contribution is -2.29. The van der Waals surface area contributed by atoms with Crippen molar-refractivity contribution >= 4 is 5.69 Å². The van der Waals surface area contributed by atoms with Crippen LogP contribution in [0.5, 0.6) is 5.75 Å². The fraction of sp³-hybridized carbons (Fsp3) is 0.571. The normalized spacial score (nSPS) is 24.4. The smallest absolute Gasteiger partial charge is 0.141 e. The summed E-state index contributed by atoms with van der Waals surface area (Å²) in [6, 6.07) is 8.50. The van der Waals surface area contributed by atoms with E-state index in [1.807, 2.05) is 18.2 Å². The van der Waals surface area contributed by atoms with Crippen molar-refractivity contribution in [1.29, 1.82) is 0 Å². The molecule has 1 aliphatic rings. The minimum atomic E-state index is 0.428. The lowest BCUT2D eigenvalue weighted by molar-refractivity contribution is 0.338. The van der Waals surface area contributed by atoms with Gasteiger partial charge in [-0.2, -0.15) is 0 Å². The fourth-order valence-corrected chi connectivity index (χ4v) is 2.44. The SMILES string of the molecule is COc1ccccc1NCC1CCC(N)CC1. The molecule has 1 saturated carbocycles. The average molecular weight is 234 g/mol. The van der Waals surface area contributed by atoms with E-state index in [9.17, 15) is 0 Å². The maximum atomic E-state index is 5.91. The van der Waals surface area contributed by atoms with Gasteiger partial charge in [0.2, 0.25) is 0 Å². The van der Waals surface area contributed by atoms with Gasteiger partial charge in [0.05, 0.1) is 12.8 Å². The highest BCUT2D eigenvalue weighted by Crippen LogP contribution is 2.26. The van der Waals surface area contributed by atoms with Crippen LogP contribution in [0.25, 0.3) is 0 Å². The first-order chi connectivity index (χ1) is 8.29. The molecule has 0 amide bonds. The molecule has 1 aromatic carbocycles. The van der Waals surface area contributed by atoms with E-state index >= 15 is 0 Å². The zero-order valence-corrected chi connectivity index (χ0v) is 10.5. The van der Waals surface area contributed by atoms with E-state index in [4.69, 9.17) is 10.5 Å². The minimum Gasteiger partial charge on any atom is -0.495 e. The quantitative estimate of drug-likeness (QED) is 0.842. The van der Waals surface area contributed by atoms with Crippen LogP contribution >= 0.6 is 0 Å². The maximum Gasteiger partial charge on any atom is 0.141 e. The number of hydrogen-bond acceptors (Lipinski definition) is 3. The summed E-state index contributed by atoms with van der Waals surface area (Å²) in [7, 11) is 1.71. The summed E-state index contributed by atoms with van der Waals surface area (Å²) in [5.74, 6) is 1.67. The molecule has 0 bridgehead atoms. The Labute approximate surface area is 103 Å². The molecular formula is C14H22N2O. The molecule has 3 N–H and O–H groups in total. The molecule has 0 heterocycles. The predicted octanol–water partition coefficient (Wildman–Crippen LogP) is 2.62. The largest absolute Gasteiger partial charge is 0.495 e. The van der Waals surface area contributed by atoms with Crippen LogP contribution in [0.15, 0.2) is 24.3 Å². The molecular weight excluding hydrogens is 212 g/mol. The first-order valence-corrected chi connectivity index (χ1v) is 6.42. The number of para-hydroxylation sites is 2. The van der Waals surface area contributed by atoms with Crippen molar-refractivity contribution in [1.82, 2.24) is 0 Å². The van der Waals surface area contributed by atoms with E-state index in [1.165, 1.54) is 12.8 Å². The zero-order chi connectivity index (χ0) is 12.1. The van der Waals surface area contributed by atoms with Gasteiger partial charge in [0.25, 0.3) is 0 Å². The van der Waals surface area contributed by atoms with Crippen LogP contribution in [0.1, 0.15) is 25.7 Å². The zero-order valence-electron chi connectivity index (χ0n) is 10.5. The van der Waals surface area contributed by atoms with Crippen LogP contribution in [0, 0.1) is 5.92 Å². The molecule has 1 fully saturated rings. The number of anilines is 1. The molecule has 1 aromatic rings. The van der Waals surface area contributed by atoms with E-state index < -0.39 is 0 Å². The molecule has 0 unspecified atom stereocenters. The van der Waals surface area contributed by atoms with Crippen LogP contribution < -0.4 is 15.8 Å². The molecule has 0 aliphatic heterocycles. The van der Waals surface area contributed by atoms with Crippen molar-refractivity contribution in [3.63, 3.8) is 0 Å². The van der Waals surface area contributed by atoms with Crippen molar-refractivity contribution in [3.05, 3.63) is 24.3 Å². The highest BCUT2D eigenvalue weighted by Gasteiger charge is 2.18. The molecule has 94 valence electrons. The second kappa shape index (κ2) is 5.92. The monoisotopic (exact) mass is 234 g/mol. The van der Waals surface area contributed by atoms with Gasteiger partial charge in [-0.3, -0.25) is 0 Å². The molecule has 0 aromatic heterocycles. The molecule has 2 rings (SSSR count). The Morgan fingerprint density at radius 1 is 1.24 bits per heavy atom. The van der Waals surface area contributed by atoms with Crippen LogP contribution in [-0.2, 0) is 0 Å². The van der Waals surface area contributed by atoms with E-state index in [0.717, 1.165) is 36.7 Å². The van der Waals surface area contributed by atoms with Crippen LogP contribution in [-0.4, -0.2) is 19.7 Å². The first-order valence-electron chi connectivity index (χ1n) is 6.42. The van der Waals surface area contributed by atoms with Gasteiger partial charge in [0.1, 0.15) is 5.75 Å². The van der Waals surface area contributed by atoms with Crippen molar-refractivity contribution in [2.24, 2.45) is 11.7 Å². The number of nitrogens with one attached hydrogen (secondary N) is 1. The molecule has 3 heteroatoms. The Hall–Kier alpha value is -1.22. The summed E-state index contributed by atoms with van der Waals surface area (Å²) >= 11 is 0. The number of benzene rings is 1. The lowest BCUT2D eigenvalue weighted by Gasteiger charge is -2.26. The topological polar surface area (TPSA) is 47.3 Å². The van der Waals surface area contributed by atoms with E-state index in [1.54, 1.807) is 7.11 Å². The Bertz CT molecular complexity index is 346. The Balaban J connectivity index is 1.85. The fourth-order valence-electron chi connectivity index (χ4n) is 2.44. The minimum absolute atomic E-state index is 0.428. The van der Waals surface area contributed by atoms with Crippen LogP contribution in [0.4, 0.5) is 5.69 Å². The van der Waals surface area contributed by atoms with Gasteiger partial charge >= 0.3 is 0 Å². The van der Waals surface area contributed by atoms with Crippen molar-refractivity contribution in [3.8, 4) is 5.75 Å². The standard InChI is InChI=1S/C14H22N2O/c1-17-14-5-3-2-4-13(14)16-10-11-6-8-12(15)9-7-11/h2-5,11-12,16H,6-10,15H2,1H3. The number of rotatable bonds is 4. The Morgan fingerprint density at radius 3 is 2.65 bits per heavy atom. The van der Waals surface area contributed by atoms with Gasteiger partial charge < -0.3 is 15.8 Å². The summed E-state index contributed by atoms with van der Waals surface area (Å²) < 4.78 is 5.32. The lowest BCUT2D eigenvalue weighted by atomic mass is 9.86. The Morgan fingerprint density at radius 2 is 1.94 bits per heavy atom. The summed E-state index contributed by atoms with van der Waals surface area (Å²) in [6.45, 7) is 1.02. The molecule has 1 aliphatic carbocycles. The summed E-state index contributed by atoms with van der Waals surface area (Å²) in [4.78, 5) is 0. The third kappa shape index (κ3) is 3.37. The van der Waals surface area contributed by atoms with E-state index in [-0.39, 0.29) is 0 Å². The van der Waals surface area contributed by atoms with Crippen LogP contribution in [0.3, 0.4) is 0 Å². The van der Waals surface area contributed by atoms with Crippen LogP contribution in [0.2, 0.25) is 0 Å². The summed E-state index contributed by atoms with van der Waals surface area (Å²) in [6.07, 6.45) is 4.81. The van der Waals surface area contributed by atoms with Crippen molar-refractivity contribution in [2.45, 2.75) is 31.7 Å². The number of methoxy groups -OCH3 is 1. The predicted molar refractivity (Wildman–Crippen MR) is 71.4 cm³/mol. The third-order valence-corrected chi connectivity index (χ3v) is 3.58. The van der Waals surface area contributed by atoms with Gasteiger partial charge in [0.15, 0.2) is 0 Å². The van der Waals surface area contributed by atoms with Gasteiger partial charge in [-0.15, -0.1) is 0 Å². The molecule has 0 saturated heterocycles. The highest BCUT2D eigenvalue weighted by atomic mass is 16.5. The summed E-state index contributed by atoms with van der Waals surface area (Å²) in [5, 5.41) is 3.48. The highest BCUT2D eigenvalue weighted by molar-refractivity contribution is 5.56. The second-order valence-corrected chi connectivity index (χ2v) is 4.86. The molecule has 3 nitrogen and oxygen atoms in total. The third-order valence-electron chi connectivity index (χ3n) is 3.58. The van der Waals surface area contributed by atoms with Gasteiger partial charge in [0, 0.05) is 12.6 Å². The second-order valence-electron chi connectivity index (χ2n) is 4.86. The van der Waals surface area contributed by atoms with Crippen molar-refractivity contribution < 1.29 is 4.74 Å². The van der Waals surface area contributed by atoms with Crippen molar-refractivity contribution in [2.75, 3.05) is 19.0 Å². The van der Waals surface area contributed by atoms with E-state index in [0.29, 0.717) is 6.04 Å². The number of ether oxygens (including phenoxy) is 1. The maximum absolute atomic E-state index is 5.91. The van der Waals surface area contributed by atoms with Gasteiger partial charge in [-0.25, -0.2) is 0 Å². The molecule has 17 heavy (non-hydrogen) atoms. The van der Waals surface area contributed by atoms with E-state index in [2.05, 4.69) is 11.4 Å². The molecule has 0 atom stereocenters. The summed E-state index contributed by atoms with van der Waals surface area (Å²) in [5.41, 5.74) is 7.00. The number of nitrogens with two attached hydrogens (primary N) is 1. The molecule has 0 radical (unpaired) electrons. The van der Waals surface area contributed by atoms with Gasteiger partial charge in [-0.1, -0.05) is 12.1 Å². The molecule has 0 spiro atoms. The number of hydrogen-bond donors (Lipinski definition) is 2. The van der Waals surface area contributed by atoms with Gasteiger partial charge in [-0.05, 0) is 43.7 Å². The first kappa shape index (κ1) is 12.2. The average Bonchev–Trinajstić information content (AvgIpc) is 2.38.